The number of nitrogens with zero attached hydrogens (tertiary/aromatic N) is 1. The maximum Gasteiger partial charge on any atom is 0.0750 e. The Balaban J connectivity index is 1.86. The number of hydrogen-bond donors (Lipinski definition) is 2. The van der Waals surface area contributed by atoms with Crippen molar-refractivity contribution in [2.24, 2.45) is 5.84 Å². The molecule has 1 aromatic carbocycles. The summed E-state index contributed by atoms with van der Waals surface area (Å²) in [6.07, 6.45) is 6.56. The molecule has 3 rings (SSSR count). The van der Waals surface area contributed by atoms with Crippen LogP contribution >= 0.6 is 0 Å². The van der Waals surface area contributed by atoms with Gasteiger partial charge in [0.15, 0.2) is 0 Å². The number of para-hydroxylation sites is 1. The van der Waals surface area contributed by atoms with Gasteiger partial charge < -0.3 is 4.74 Å². The zero-order valence-corrected chi connectivity index (χ0v) is 11.6. The second-order valence-electron chi connectivity index (χ2n) is 5.37. The fraction of sp³-hybridized carbons (Fsp3) is 0.438. The van der Waals surface area contributed by atoms with Crippen molar-refractivity contribution in [2.75, 3.05) is 6.61 Å². The third-order valence-electron chi connectivity index (χ3n) is 4.01. The summed E-state index contributed by atoms with van der Waals surface area (Å²) >= 11 is 0. The van der Waals surface area contributed by atoms with Gasteiger partial charge in [-0.3, -0.25) is 16.3 Å². The van der Waals surface area contributed by atoms with Crippen LogP contribution in [-0.4, -0.2) is 17.7 Å². The van der Waals surface area contributed by atoms with Gasteiger partial charge in [0, 0.05) is 18.2 Å². The number of benzene rings is 1. The van der Waals surface area contributed by atoms with Crippen molar-refractivity contribution in [3.8, 4) is 0 Å². The standard InChI is InChI=1S/C16H21N3O/c17-19-15(11-13-7-1-2-10-20-13)14-8-3-5-12-6-4-9-18-16(12)14/h3-6,8-9,13,15,19H,1-2,7,10-11,17H2. The molecular weight excluding hydrogens is 250 g/mol. The number of nitrogens with one attached hydrogen (secondary N) is 1. The Kier molecular flexibility index (Phi) is 4.25. The quantitative estimate of drug-likeness (QED) is 0.663. The predicted octanol–water partition coefficient (Wildman–Crippen LogP) is 2.70. The van der Waals surface area contributed by atoms with Gasteiger partial charge in [-0.1, -0.05) is 24.3 Å². The Hall–Kier alpha value is -1.49. The predicted molar refractivity (Wildman–Crippen MR) is 80.0 cm³/mol. The van der Waals surface area contributed by atoms with Crippen molar-refractivity contribution in [3.63, 3.8) is 0 Å². The molecule has 4 heteroatoms. The second-order valence-corrected chi connectivity index (χ2v) is 5.37. The number of nitrogens with two attached hydrogens (primary N) is 1. The minimum absolute atomic E-state index is 0.0803. The molecule has 3 N–H and O–H groups in total. The van der Waals surface area contributed by atoms with E-state index in [9.17, 15) is 0 Å². The number of rotatable bonds is 4. The van der Waals surface area contributed by atoms with Crippen molar-refractivity contribution in [1.82, 2.24) is 10.4 Å². The fourth-order valence-corrected chi connectivity index (χ4v) is 2.95. The largest absolute Gasteiger partial charge is 0.378 e. The molecule has 1 saturated heterocycles. The molecule has 0 saturated carbocycles. The second kappa shape index (κ2) is 6.31. The van der Waals surface area contributed by atoms with Gasteiger partial charge in [-0.25, -0.2) is 0 Å². The van der Waals surface area contributed by atoms with Crippen LogP contribution in [0.4, 0.5) is 0 Å². The smallest absolute Gasteiger partial charge is 0.0750 e. The monoisotopic (exact) mass is 271 g/mol. The van der Waals surface area contributed by atoms with Crippen molar-refractivity contribution in [2.45, 2.75) is 37.8 Å². The number of aromatic nitrogens is 1. The molecule has 106 valence electrons. The molecule has 1 aliphatic heterocycles. The van der Waals surface area contributed by atoms with Gasteiger partial charge in [0.2, 0.25) is 0 Å². The maximum absolute atomic E-state index is 5.83. The van der Waals surface area contributed by atoms with Crippen molar-refractivity contribution < 1.29 is 4.74 Å². The molecule has 2 atom stereocenters. The van der Waals surface area contributed by atoms with Crippen molar-refractivity contribution in [3.05, 3.63) is 42.1 Å². The summed E-state index contributed by atoms with van der Waals surface area (Å²) < 4.78 is 5.83. The molecule has 2 unspecified atom stereocenters. The zero-order chi connectivity index (χ0) is 13.8. The van der Waals surface area contributed by atoms with Crippen molar-refractivity contribution in [1.29, 1.82) is 0 Å². The third-order valence-corrected chi connectivity index (χ3v) is 4.01. The molecule has 0 aliphatic carbocycles. The average molecular weight is 271 g/mol. The highest BCUT2D eigenvalue weighted by molar-refractivity contribution is 5.81. The Bertz CT molecular complexity index is 561. The molecule has 0 radical (unpaired) electrons. The van der Waals surface area contributed by atoms with Gasteiger partial charge in [0.1, 0.15) is 0 Å². The molecule has 1 aliphatic rings. The minimum atomic E-state index is 0.0803. The first-order chi connectivity index (χ1) is 9.88. The molecule has 0 amide bonds. The van der Waals surface area contributed by atoms with Crippen LogP contribution in [0.2, 0.25) is 0 Å². The molecule has 1 aromatic heterocycles. The van der Waals surface area contributed by atoms with Crippen LogP contribution in [0.5, 0.6) is 0 Å². The lowest BCUT2D eigenvalue weighted by Crippen LogP contribution is -2.33. The van der Waals surface area contributed by atoms with Crippen LogP contribution in [0.1, 0.15) is 37.3 Å². The highest BCUT2D eigenvalue weighted by atomic mass is 16.5. The Morgan fingerprint density at radius 2 is 2.20 bits per heavy atom. The zero-order valence-electron chi connectivity index (χ0n) is 11.6. The van der Waals surface area contributed by atoms with E-state index in [0.29, 0.717) is 6.10 Å². The molecule has 2 aromatic rings. The molecule has 1 fully saturated rings. The summed E-state index contributed by atoms with van der Waals surface area (Å²) in [6, 6.07) is 10.4. The normalized spacial score (nSPS) is 20.9. The average Bonchev–Trinajstić information content (AvgIpc) is 2.53. The maximum atomic E-state index is 5.83. The first-order valence-corrected chi connectivity index (χ1v) is 7.30. The van der Waals surface area contributed by atoms with Crippen LogP contribution in [-0.2, 0) is 4.74 Å². The Morgan fingerprint density at radius 1 is 1.30 bits per heavy atom. The molecule has 0 bridgehead atoms. The third kappa shape index (κ3) is 2.82. The summed E-state index contributed by atoms with van der Waals surface area (Å²) in [5, 5.41) is 1.15. The molecule has 0 spiro atoms. The van der Waals surface area contributed by atoms with Crippen LogP contribution in [0, 0.1) is 0 Å². The minimum Gasteiger partial charge on any atom is -0.378 e. The van der Waals surface area contributed by atoms with Gasteiger partial charge in [-0.2, -0.15) is 0 Å². The lowest BCUT2D eigenvalue weighted by atomic mass is 9.95. The van der Waals surface area contributed by atoms with Crippen LogP contribution in [0.15, 0.2) is 36.5 Å². The fourth-order valence-electron chi connectivity index (χ4n) is 2.95. The van der Waals surface area contributed by atoms with Gasteiger partial charge in [-0.15, -0.1) is 0 Å². The SMILES string of the molecule is NNC(CC1CCCCO1)c1cccc2cccnc12. The van der Waals surface area contributed by atoms with E-state index in [1.165, 1.54) is 12.8 Å². The van der Waals surface area contributed by atoms with Crippen LogP contribution in [0.25, 0.3) is 10.9 Å². The van der Waals surface area contributed by atoms with E-state index >= 15 is 0 Å². The highest BCUT2D eigenvalue weighted by Crippen LogP contribution is 2.28. The highest BCUT2D eigenvalue weighted by Gasteiger charge is 2.21. The summed E-state index contributed by atoms with van der Waals surface area (Å²) in [5.74, 6) is 5.78. The number of hydrazine groups is 1. The van der Waals surface area contributed by atoms with E-state index in [-0.39, 0.29) is 6.04 Å². The van der Waals surface area contributed by atoms with Crippen molar-refractivity contribution >= 4 is 10.9 Å². The number of fused-ring (bicyclic) bond motifs is 1. The Labute approximate surface area is 119 Å². The lowest BCUT2D eigenvalue weighted by Gasteiger charge is -2.27. The van der Waals surface area contributed by atoms with Gasteiger partial charge >= 0.3 is 0 Å². The molecule has 4 nitrogen and oxygen atoms in total. The van der Waals surface area contributed by atoms with E-state index in [4.69, 9.17) is 10.6 Å². The number of hydrogen-bond acceptors (Lipinski definition) is 4. The van der Waals surface area contributed by atoms with Gasteiger partial charge in [0.25, 0.3) is 0 Å². The van der Waals surface area contributed by atoms with Crippen LogP contribution < -0.4 is 11.3 Å². The van der Waals surface area contributed by atoms with E-state index in [0.717, 1.165) is 35.9 Å². The van der Waals surface area contributed by atoms with Crippen LogP contribution in [0.3, 0.4) is 0 Å². The number of pyridine rings is 1. The topological polar surface area (TPSA) is 60.2 Å². The number of ether oxygens (including phenoxy) is 1. The lowest BCUT2D eigenvalue weighted by molar-refractivity contribution is 0.00510. The van der Waals surface area contributed by atoms with Gasteiger partial charge in [0.05, 0.1) is 17.7 Å². The summed E-state index contributed by atoms with van der Waals surface area (Å²) in [7, 11) is 0. The first kappa shape index (κ1) is 13.5. The summed E-state index contributed by atoms with van der Waals surface area (Å²) in [5.41, 5.74) is 5.11. The van der Waals surface area contributed by atoms with E-state index in [1.54, 1.807) is 0 Å². The van der Waals surface area contributed by atoms with E-state index < -0.39 is 0 Å². The summed E-state index contributed by atoms with van der Waals surface area (Å²) in [4.78, 5) is 4.51. The summed E-state index contributed by atoms with van der Waals surface area (Å²) in [6.45, 7) is 0.871. The molecular formula is C16H21N3O. The van der Waals surface area contributed by atoms with E-state index in [1.807, 2.05) is 12.3 Å². The first-order valence-electron chi connectivity index (χ1n) is 7.30. The van der Waals surface area contributed by atoms with Gasteiger partial charge in [-0.05, 0) is 37.3 Å². The van der Waals surface area contributed by atoms with E-state index in [2.05, 4.69) is 34.7 Å². The molecule has 20 heavy (non-hydrogen) atoms. The molecule has 2 heterocycles. The Morgan fingerprint density at radius 3 is 3.00 bits per heavy atom.